The van der Waals surface area contributed by atoms with Gasteiger partial charge < -0.3 is 9.47 Å². The van der Waals surface area contributed by atoms with Gasteiger partial charge in [-0.15, -0.1) is 0 Å². The quantitative estimate of drug-likeness (QED) is 0.790. The van der Waals surface area contributed by atoms with Gasteiger partial charge in [-0.2, -0.15) is 9.78 Å². The van der Waals surface area contributed by atoms with Crippen LogP contribution in [0.15, 0.2) is 47.9 Å². The monoisotopic (exact) mass is 283 g/mol. The van der Waals surface area contributed by atoms with Gasteiger partial charge in [0.2, 0.25) is 0 Å². The lowest BCUT2D eigenvalue weighted by molar-refractivity contribution is -0.148. The van der Waals surface area contributed by atoms with Gasteiger partial charge >= 0.3 is 0 Å². The van der Waals surface area contributed by atoms with Gasteiger partial charge in [0.1, 0.15) is 12.5 Å². The van der Waals surface area contributed by atoms with E-state index in [4.69, 9.17) is 9.47 Å². The van der Waals surface area contributed by atoms with E-state index < -0.39 is 5.79 Å². The van der Waals surface area contributed by atoms with E-state index in [0.29, 0.717) is 25.1 Å². The van der Waals surface area contributed by atoms with E-state index >= 15 is 0 Å². The first kappa shape index (κ1) is 12.1. The van der Waals surface area contributed by atoms with Crippen molar-refractivity contribution >= 4 is 0 Å². The van der Waals surface area contributed by atoms with Crippen LogP contribution in [0.5, 0.6) is 0 Å². The van der Waals surface area contributed by atoms with Crippen LogP contribution < -0.4 is 5.56 Å². The third kappa shape index (κ3) is 1.91. The molecule has 0 aromatic carbocycles. The molecule has 0 saturated carbocycles. The van der Waals surface area contributed by atoms with Gasteiger partial charge in [0.25, 0.3) is 11.3 Å². The summed E-state index contributed by atoms with van der Waals surface area (Å²) in [4.78, 5) is 16.8. The maximum atomic E-state index is 12.6. The highest BCUT2D eigenvalue weighted by atomic mass is 16.7. The predicted molar refractivity (Wildman–Crippen MR) is 73.7 cm³/mol. The first-order valence-electron chi connectivity index (χ1n) is 6.80. The van der Waals surface area contributed by atoms with Crippen molar-refractivity contribution in [2.45, 2.75) is 25.0 Å². The number of fused-ring (bicyclic) bond motifs is 1. The first-order valence-corrected chi connectivity index (χ1v) is 6.80. The van der Waals surface area contributed by atoms with Crippen LogP contribution in [0.4, 0.5) is 0 Å². The molecule has 0 bridgehead atoms. The highest BCUT2D eigenvalue weighted by molar-refractivity contribution is 5.30. The van der Waals surface area contributed by atoms with E-state index in [9.17, 15) is 4.79 Å². The van der Waals surface area contributed by atoms with Crippen LogP contribution >= 0.6 is 0 Å². The van der Waals surface area contributed by atoms with E-state index in [2.05, 4.69) is 10.1 Å². The summed E-state index contributed by atoms with van der Waals surface area (Å²) in [6.07, 6.45) is 8.22. The molecule has 6 heteroatoms. The maximum absolute atomic E-state index is 12.6. The van der Waals surface area contributed by atoms with Gasteiger partial charge in [-0.25, -0.2) is 4.98 Å². The average Bonchev–Trinajstić information content (AvgIpc) is 2.96. The van der Waals surface area contributed by atoms with Gasteiger partial charge in [0.15, 0.2) is 5.82 Å². The summed E-state index contributed by atoms with van der Waals surface area (Å²) < 4.78 is 12.4. The number of hydrogen-bond acceptors (Lipinski definition) is 5. The molecule has 2 aliphatic rings. The number of aromatic nitrogens is 3. The molecule has 0 N–H and O–H groups in total. The molecule has 21 heavy (non-hydrogen) atoms. The Hall–Kier alpha value is -2.63. The van der Waals surface area contributed by atoms with Crippen LogP contribution in [0.2, 0.25) is 0 Å². The molecule has 0 fully saturated rings. The molecule has 0 atom stereocenters. The van der Waals surface area contributed by atoms with Crippen LogP contribution in [-0.4, -0.2) is 20.6 Å². The lowest BCUT2D eigenvalue weighted by Crippen LogP contribution is -2.40. The smallest absolute Gasteiger partial charge is 0.276 e. The molecule has 0 radical (unpaired) electrons. The average molecular weight is 283 g/mol. The zero-order chi connectivity index (χ0) is 14.3. The minimum Gasteiger partial charge on any atom is -0.456 e. The van der Waals surface area contributed by atoms with Crippen molar-refractivity contribution in [1.82, 2.24) is 14.8 Å². The van der Waals surface area contributed by atoms with Crippen LogP contribution in [-0.2, 0) is 22.3 Å². The van der Waals surface area contributed by atoms with Crippen molar-refractivity contribution in [2.24, 2.45) is 0 Å². The molecule has 3 heterocycles. The van der Waals surface area contributed by atoms with Crippen LogP contribution in [0.1, 0.15) is 17.5 Å². The summed E-state index contributed by atoms with van der Waals surface area (Å²) in [5.74, 6) is -0.126. The Morgan fingerprint density at radius 1 is 1.24 bits per heavy atom. The molecule has 1 spiro atoms. The zero-order valence-electron chi connectivity index (χ0n) is 11.2. The molecule has 6 nitrogen and oxygen atoms in total. The normalized spacial score (nSPS) is 18.1. The summed E-state index contributed by atoms with van der Waals surface area (Å²) in [6.45, 7) is 0. The Bertz CT molecular complexity index is 759. The van der Waals surface area contributed by atoms with E-state index in [1.165, 1.54) is 4.68 Å². The third-order valence-corrected chi connectivity index (χ3v) is 3.87. The van der Waals surface area contributed by atoms with Gasteiger partial charge in [0.05, 0.1) is 12.6 Å². The fourth-order valence-corrected chi connectivity index (χ4v) is 2.81. The second-order valence-electron chi connectivity index (χ2n) is 5.15. The fraction of sp³-hybridized carbons (Fsp3) is 0.267. The highest BCUT2D eigenvalue weighted by Crippen LogP contribution is 2.34. The molecule has 2 aromatic heterocycles. The molecule has 1 aliphatic heterocycles. The summed E-state index contributed by atoms with van der Waals surface area (Å²) >= 11 is 0. The SMILES string of the molecule is O=c1c2c(cnn1-c1ccccn1)CC1(CC2)OC=CO1. The van der Waals surface area contributed by atoms with E-state index in [1.54, 1.807) is 37.1 Å². The van der Waals surface area contributed by atoms with Gasteiger partial charge in [-0.3, -0.25) is 4.79 Å². The molecule has 2 aromatic rings. The number of rotatable bonds is 1. The second kappa shape index (κ2) is 4.44. The van der Waals surface area contributed by atoms with Crippen molar-refractivity contribution in [3.05, 3.63) is 64.6 Å². The molecular weight excluding hydrogens is 270 g/mol. The maximum Gasteiger partial charge on any atom is 0.276 e. The minimum absolute atomic E-state index is 0.119. The summed E-state index contributed by atoms with van der Waals surface area (Å²) in [6, 6.07) is 5.40. The van der Waals surface area contributed by atoms with E-state index in [1.807, 2.05) is 6.07 Å². The molecule has 0 unspecified atom stereocenters. The van der Waals surface area contributed by atoms with Crippen molar-refractivity contribution < 1.29 is 9.47 Å². The molecule has 4 rings (SSSR count). The topological polar surface area (TPSA) is 66.2 Å². The van der Waals surface area contributed by atoms with Crippen LogP contribution in [0, 0.1) is 0 Å². The zero-order valence-corrected chi connectivity index (χ0v) is 11.2. The lowest BCUT2D eigenvalue weighted by Gasteiger charge is -2.32. The van der Waals surface area contributed by atoms with Gasteiger partial charge in [-0.1, -0.05) is 6.07 Å². The highest BCUT2D eigenvalue weighted by Gasteiger charge is 2.40. The summed E-state index contributed by atoms with van der Waals surface area (Å²) in [5, 5.41) is 4.23. The number of hydrogen-bond donors (Lipinski definition) is 0. The Morgan fingerprint density at radius 2 is 2.10 bits per heavy atom. The fourth-order valence-electron chi connectivity index (χ4n) is 2.81. The Morgan fingerprint density at radius 3 is 2.86 bits per heavy atom. The number of pyridine rings is 1. The Kier molecular flexibility index (Phi) is 2.57. The number of nitrogens with zero attached hydrogens (tertiary/aromatic N) is 3. The van der Waals surface area contributed by atoms with Crippen molar-refractivity contribution in [3.8, 4) is 5.82 Å². The van der Waals surface area contributed by atoms with E-state index in [-0.39, 0.29) is 5.56 Å². The molecule has 1 aliphatic carbocycles. The first-order chi connectivity index (χ1) is 10.3. The van der Waals surface area contributed by atoms with Crippen LogP contribution in [0.25, 0.3) is 5.82 Å². The van der Waals surface area contributed by atoms with Crippen molar-refractivity contribution in [2.75, 3.05) is 0 Å². The van der Waals surface area contributed by atoms with Crippen molar-refractivity contribution in [1.29, 1.82) is 0 Å². The minimum atomic E-state index is -0.654. The van der Waals surface area contributed by atoms with Gasteiger partial charge in [0, 0.05) is 18.2 Å². The molecule has 106 valence electrons. The van der Waals surface area contributed by atoms with E-state index in [0.717, 1.165) is 11.1 Å². The molecule has 0 saturated heterocycles. The number of ether oxygens (including phenoxy) is 2. The Balaban J connectivity index is 1.76. The molecular formula is C15H13N3O3. The predicted octanol–water partition coefficient (Wildman–Crippen LogP) is 1.33. The van der Waals surface area contributed by atoms with Gasteiger partial charge in [-0.05, 0) is 24.1 Å². The van der Waals surface area contributed by atoms with Crippen molar-refractivity contribution in [3.63, 3.8) is 0 Å². The standard InChI is InChI=1S/C15H13N3O3/c19-14-12-4-5-15(20-7-8-21-15)9-11(12)10-17-18(14)13-3-1-2-6-16-13/h1-3,6-8,10H,4-5,9H2. The largest absolute Gasteiger partial charge is 0.456 e. The summed E-state index contributed by atoms with van der Waals surface area (Å²) in [5.41, 5.74) is 1.52. The van der Waals surface area contributed by atoms with Crippen LogP contribution in [0.3, 0.4) is 0 Å². The summed E-state index contributed by atoms with van der Waals surface area (Å²) in [7, 11) is 0. The molecule has 0 amide bonds. The Labute approximate surface area is 120 Å². The third-order valence-electron chi connectivity index (χ3n) is 3.87. The lowest BCUT2D eigenvalue weighted by atomic mass is 9.89. The second-order valence-corrected chi connectivity index (χ2v) is 5.15.